The molecule has 2 heterocycles. The number of fused-ring (bicyclic) bond motifs is 1. The number of hydrogen-bond donors (Lipinski definition) is 2. The van der Waals surface area contributed by atoms with E-state index in [0.717, 1.165) is 16.9 Å². The Hall–Kier alpha value is -3.26. The first-order valence-electron chi connectivity index (χ1n) is 9.16. The van der Waals surface area contributed by atoms with Crippen molar-refractivity contribution in [1.82, 2.24) is 9.78 Å². The quantitative estimate of drug-likeness (QED) is 0.735. The molecular formula is C20H24N6O2. The maximum Gasteiger partial charge on any atom is 0.296 e. The fraction of sp³-hybridized carbons (Fsp3) is 0.300. The number of nitrogens with zero attached hydrogens (tertiary/aromatic N) is 4. The summed E-state index contributed by atoms with van der Waals surface area (Å²) in [5.74, 6) is -0.209. The Balaban J connectivity index is 1.97. The molecule has 8 nitrogen and oxygen atoms in total. The topological polar surface area (TPSA) is 120 Å². The molecule has 2 aromatic rings. The van der Waals surface area contributed by atoms with Crippen molar-refractivity contribution in [2.24, 2.45) is 16.5 Å². The van der Waals surface area contributed by atoms with Crippen LogP contribution in [-0.4, -0.2) is 40.5 Å². The van der Waals surface area contributed by atoms with E-state index in [0.29, 0.717) is 43.1 Å². The van der Waals surface area contributed by atoms with Gasteiger partial charge in [0.15, 0.2) is 0 Å². The van der Waals surface area contributed by atoms with Crippen molar-refractivity contribution in [2.45, 2.75) is 26.8 Å². The summed E-state index contributed by atoms with van der Waals surface area (Å²) in [7, 11) is 0. The summed E-state index contributed by atoms with van der Waals surface area (Å²) in [5.41, 5.74) is 14.4. The van der Waals surface area contributed by atoms with Gasteiger partial charge in [-0.05, 0) is 43.7 Å². The van der Waals surface area contributed by atoms with Crippen molar-refractivity contribution in [1.29, 1.82) is 0 Å². The zero-order valence-electron chi connectivity index (χ0n) is 16.1. The first-order chi connectivity index (χ1) is 13.4. The highest BCUT2D eigenvalue weighted by Gasteiger charge is 2.27. The van der Waals surface area contributed by atoms with E-state index >= 15 is 0 Å². The molecule has 146 valence electrons. The van der Waals surface area contributed by atoms with Crippen LogP contribution >= 0.6 is 0 Å². The Labute approximate surface area is 163 Å². The number of aryl methyl sites for hydroxylation is 2. The van der Waals surface area contributed by atoms with Crippen molar-refractivity contribution in [2.75, 3.05) is 18.0 Å². The summed E-state index contributed by atoms with van der Waals surface area (Å²) in [4.78, 5) is 30.6. The van der Waals surface area contributed by atoms with E-state index in [1.807, 2.05) is 37.0 Å². The Kier molecular flexibility index (Phi) is 5.70. The van der Waals surface area contributed by atoms with Gasteiger partial charge in [-0.15, -0.1) is 0 Å². The van der Waals surface area contributed by atoms with Crippen LogP contribution in [0.25, 0.3) is 0 Å². The monoisotopic (exact) mass is 380 g/mol. The van der Waals surface area contributed by atoms with E-state index in [2.05, 4.69) is 10.1 Å². The molecule has 0 spiro atoms. The molecule has 2 amide bonds. The van der Waals surface area contributed by atoms with E-state index in [9.17, 15) is 9.59 Å². The Bertz CT molecular complexity index is 973. The predicted octanol–water partition coefficient (Wildman–Crippen LogP) is 1.43. The number of rotatable bonds is 6. The van der Waals surface area contributed by atoms with E-state index in [1.165, 1.54) is 0 Å². The van der Waals surface area contributed by atoms with Crippen LogP contribution in [0.5, 0.6) is 0 Å². The fourth-order valence-corrected chi connectivity index (χ4v) is 3.26. The molecule has 1 aliphatic rings. The van der Waals surface area contributed by atoms with Crippen molar-refractivity contribution < 1.29 is 9.59 Å². The molecular weight excluding hydrogens is 356 g/mol. The molecule has 0 atom stereocenters. The first-order valence-corrected chi connectivity index (χ1v) is 9.16. The SMILES string of the molecule is CCn1nc(C)cc1C(=O)N=C1Cc2cc(C(N)=O)ccc2N1C/C=C/CN. The van der Waals surface area contributed by atoms with Gasteiger partial charge in [-0.25, -0.2) is 0 Å². The molecule has 0 fully saturated rings. The number of primary amides is 1. The largest absolute Gasteiger partial charge is 0.366 e. The van der Waals surface area contributed by atoms with Crippen LogP contribution in [0.2, 0.25) is 0 Å². The molecule has 28 heavy (non-hydrogen) atoms. The molecule has 1 aliphatic heterocycles. The summed E-state index contributed by atoms with van der Waals surface area (Å²) in [6, 6.07) is 7.01. The Morgan fingerprint density at radius 2 is 2.07 bits per heavy atom. The minimum Gasteiger partial charge on any atom is -0.366 e. The molecule has 1 aromatic heterocycles. The van der Waals surface area contributed by atoms with Gasteiger partial charge in [0.2, 0.25) is 5.91 Å². The lowest BCUT2D eigenvalue weighted by atomic mass is 10.1. The highest BCUT2D eigenvalue weighted by Crippen LogP contribution is 2.30. The van der Waals surface area contributed by atoms with Gasteiger partial charge in [-0.3, -0.25) is 14.3 Å². The Morgan fingerprint density at radius 1 is 1.29 bits per heavy atom. The minimum atomic E-state index is -0.485. The van der Waals surface area contributed by atoms with E-state index < -0.39 is 5.91 Å². The third-order valence-electron chi connectivity index (χ3n) is 4.56. The third-order valence-corrected chi connectivity index (χ3v) is 4.56. The predicted molar refractivity (Wildman–Crippen MR) is 109 cm³/mol. The summed E-state index contributed by atoms with van der Waals surface area (Å²) in [6.07, 6.45) is 4.22. The van der Waals surface area contributed by atoms with Crippen molar-refractivity contribution in [3.8, 4) is 0 Å². The molecule has 0 unspecified atom stereocenters. The first kappa shape index (κ1) is 19.5. The average Bonchev–Trinajstić information content (AvgIpc) is 3.21. The molecule has 0 saturated carbocycles. The standard InChI is InChI=1S/C20H24N6O2/c1-3-26-17(10-13(2)24-26)20(28)23-18-12-15-11-14(19(22)27)6-7-16(15)25(18)9-5-4-8-21/h4-7,10-11H,3,8-9,12,21H2,1-2H3,(H2,22,27)/b5-4+,23-18?. The van der Waals surface area contributed by atoms with Crippen LogP contribution in [0.1, 0.15) is 39.0 Å². The number of hydrogen-bond acceptors (Lipinski definition) is 4. The summed E-state index contributed by atoms with van der Waals surface area (Å²) in [5, 5.41) is 4.31. The number of carbonyl (C=O) groups is 2. The van der Waals surface area contributed by atoms with Crippen LogP contribution < -0.4 is 16.4 Å². The maximum absolute atomic E-state index is 12.8. The van der Waals surface area contributed by atoms with Crippen molar-refractivity contribution in [3.63, 3.8) is 0 Å². The maximum atomic E-state index is 12.8. The molecule has 0 bridgehead atoms. The molecule has 0 radical (unpaired) electrons. The van der Waals surface area contributed by atoms with E-state index in [1.54, 1.807) is 22.9 Å². The molecule has 0 saturated heterocycles. The highest BCUT2D eigenvalue weighted by molar-refractivity contribution is 6.12. The van der Waals surface area contributed by atoms with Crippen LogP contribution in [0.3, 0.4) is 0 Å². The second-order valence-electron chi connectivity index (χ2n) is 6.52. The minimum absolute atomic E-state index is 0.340. The van der Waals surface area contributed by atoms with Crippen molar-refractivity contribution >= 4 is 23.3 Å². The smallest absolute Gasteiger partial charge is 0.296 e. The second kappa shape index (κ2) is 8.18. The molecule has 0 aliphatic carbocycles. The van der Waals surface area contributed by atoms with Crippen LogP contribution in [-0.2, 0) is 13.0 Å². The zero-order valence-corrected chi connectivity index (χ0v) is 16.1. The van der Waals surface area contributed by atoms with E-state index in [4.69, 9.17) is 11.5 Å². The number of aromatic nitrogens is 2. The van der Waals surface area contributed by atoms with Gasteiger partial charge in [0.05, 0.1) is 5.69 Å². The number of amidine groups is 1. The summed E-state index contributed by atoms with van der Waals surface area (Å²) >= 11 is 0. The Morgan fingerprint density at radius 3 is 2.75 bits per heavy atom. The molecule has 1 aromatic carbocycles. The van der Waals surface area contributed by atoms with Crippen molar-refractivity contribution in [3.05, 3.63) is 58.9 Å². The zero-order chi connectivity index (χ0) is 20.3. The number of amides is 2. The lowest BCUT2D eigenvalue weighted by molar-refractivity contribution is 0.0987. The number of nitrogens with two attached hydrogens (primary N) is 2. The summed E-state index contributed by atoms with van der Waals surface area (Å²) in [6.45, 7) is 5.32. The van der Waals surface area contributed by atoms with Gasteiger partial charge in [0.25, 0.3) is 5.91 Å². The van der Waals surface area contributed by atoms with Crippen LogP contribution in [0.4, 0.5) is 5.69 Å². The van der Waals surface area contributed by atoms with Crippen LogP contribution in [0, 0.1) is 6.92 Å². The van der Waals surface area contributed by atoms with Gasteiger partial charge >= 0.3 is 0 Å². The lowest BCUT2D eigenvalue weighted by Crippen LogP contribution is -2.28. The van der Waals surface area contributed by atoms with Gasteiger partial charge < -0.3 is 16.4 Å². The molecule has 8 heteroatoms. The summed E-state index contributed by atoms with van der Waals surface area (Å²) < 4.78 is 1.65. The average molecular weight is 380 g/mol. The van der Waals surface area contributed by atoms with Gasteiger partial charge in [0.1, 0.15) is 11.5 Å². The molecule has 4 N–H and O–H groups in total. The normalized spacial score (nSPS) is 14.8. The third kappa shape index (κ3) is 3.86. The lowest BCUT2D eigenvalue weighted by Gasteiger charge is -2.18. The highest BCUT2D eigenvalue weighted by atomic mass is 16.2. The van der Waals surface area contributed by atoms with Crippen LogP contribution in [0.15, 0.2) is 41.4 Å². The number of aliphatic imine (C=N–C) groups is 1. The fourth-order valence-electron chi connectivity index (χ4n) is 3.26. The van der Waals surface area contributed by atoms with Gasteiger partial charge in [-0.2, -0.15) is 10.1 Å². The van der Waals surface area contributed by atoms with E-state index in [-0.39, 0.29) is 5.91 Å². The number of benzene rings is 1. The van der Waals surface area contributed by atoms with Gasteiger partial charge in [0, 0.05) is 37.3 Å². The number of anilines is 1. The number of carbonyl (C=O) groups excluding carboxylic acids is 2. The van der Waals surface area contributed by atoms with Gasteiger partial charge in [-0.1, -0.05) is 12.2 Å². The molecule has 3 rings (SSSR count). The second-order valence-corrected chi connectivity index (χ2v) is 6.52.